The molecule has 0 saturated carbocycles. The van der Waals surface area contributed by atoms with Gasteiger partial charge in [0.15, 0.2) is 0 Å². The minimum Gasteiger partial charge on any atom is -0.508 e. The third kappa shape index (κ3) is 4.11. The molecule has 1 fully saturated rings. The van der Waals surface area contributed by atoms with Crippen LogP contribution in [0.5, 0.6) is 5.75 Å². The van der Waals surface area contributed by atoms with Crippen LogP contribution in [-0.4, -0.2) is 50.8 Å². The van der Waals surface area contributed by atoms with Gasteiger partial charge in [-0.15, -0.1) is 0 Å². The molecule has 1 aromatic heterocycles. The monoisotopic (exact) mass is 396 g/mol. The Kier molecular flexibility index (Phi) is 5.51. The molecule has 2 heterocycles. The van der Waals surface area contributed by atoms with Crippen molar-refractivity contribution in [3.63, 3.8) is 0 Å². The van der Waals surface area contributed by atoms with Crippen molar-refractivity contribution in [3.05, 3.63) is 77.6 Å². The van der Waals surface area contributed by atoms with E-state index in [9.17, 15) is 14.6 Å². The number of halogens is 1. The fraction of sp³-hybridized carbons (Fsp3) is 0.318. The van der Waals surface area contributed by atoms with Gasteiger partial charge in [0.1, 0.15) is 23.5 Å². The molecule has 3 aromatic rings. The molecule has 2 aromatic carbocycles. The van der Waals surface area contributed by atoms with E-state index in [1.165, 1.54) is 6.07 Å². The van der Waals surface area contributed by atoms with Crippen molar-refractivity contribution in [2.24, 2.45) is 7.05 Å². The molecule has 4 rings (SSSR count). The van der Waals surface area contributed by atoms with E-state index < -0.39 is 6.10 Å². The number of nitrogens with zero attached hydrogens (tertiary/aromatic N) is 4. The zero-order valence-corrected chi connectivity index (χ0v) is 16.4. The van der Waals surface area contributed by atoms with Gasteiger partial charge in [0, 0.05) is 57.7 Å². The van der Waals surface area contributed by atoms with Crippen LogP contribution in [0.25, 0.3) is 0 Å². The maximum Gasteiger partial charge on any atom is 0.146 e. The van der Waals surface area contributed by atoms with Gasteiger partial charge in [0.05, 0.1) is 5.69 Å². The van der Waals surface area contributed by atoms with Crippen molar-refractivity contribution in [2.45, 2.75) is 12.6 Å². The largest absolute Gasteiger partial charge is 0.508 e. The van der Waals surface area contributed by atoms with E-state index in [1.807, 2.05) is 24.1 Å². The first-order valence-corrected chi connectivity index (χ1v) is 9.72. The van der Waals surface area contributed by atoms with Gasteiger partial charge in [-0.05, 0) is 23.8 Å². The van der Waals surface area contributed by atoms with E-state index in [2.05, 4.69) is 9.88 Å². The molecule has 2 N–H and O–H groups in total. The Bertz CT molecular complexity index is 965. The van der Waals surface area contributed by atoms with E-state index in [0.717, 1.165) is 25.2 Å². The Morgan fingerprint density at radius 2 is 1.79 bits per heavy atom. The smallest absolute Gasteiger partial charge is 0.146 e. The van der Waals surface area contributed by atoms with Crippen LogP contribution in [0.4, 0.5) is 10.1 Å². The molecule has 1 unspecified atom stereocenters. The number of aliphatic hydroxyl groups excluding tert-OH is 1. The molecule has 1 aliphatic heterocycles. The number of phenolic OH excluding ortho intramolecular Hbond substituents is 1. The summed E-state index contributed by atoms with van der Waals surface area (Å²) >= 11 is 0. The number of anilines is 1. The minimum atomic E-state index is -0.990. The molecular formula is C22H25FN4O2. The van der Waals surface area contributed by atoms with Crippen molar-refractivity contribution in [2.75, 3.05) is 31.1 Å². The number of aromatic nitrogens is 2. The van der Waals surface area contributed by atoms with E-state index in [-0.39, 0.29) is 11.6 Å². The molecule has 0 radical (unpaired) electrons. The average molecular weight is 396 g/mol. The fourth-order valence-corrected chi connectivity index (χ4v) is 3.86. The minimum absolute atomic E-state index is 0.261. The summed E-state index contributed by atoms with van der Waals surface area (Å²) in [5.74, 6) is 0.419. The Morgan fingerprint density at radius 3 is 2.45 bits per heavy atom. The maximum absolute atomic E-state index is 14.8. The van der Waals surface area contributed by atoms with Crippen LogP contribution >= 0.6 is 0 Å². The number of benzene rings is 2. The quantitative estimate of drug-likeness (QED) is 0.694. The predicted octanol–water partition coefficient (Wildman–Crippen LogP) is 2.67. The van der Waals surface area contributed by atoms with E-state index >= 15 is 0 Å². The Hall–Kier alpha value is -2.90. The molecule has 1 atom stereocenters. The van der Waals surface area contributed by atoms with Crippen molar-refractivity contribution in [1.82, 2.24) is 14.5 Å². The van der Waals surface area contributed by atoms with Gasteiger partial charge in [0.25, 0.3) is 0 Å². The molecule has 7 heteroatoms. The summed E-state index contributed by atoms with van der Waals surface area (Å²) in [5, 5.41) is 20.3. The summed E-state index contributed by atoms with van der Waals surface area (Å²) in [5.41, 5.74) is 2.12. The highest BCUT2D eigenvalue weighted by Gasteiger charge is 2.26. The second-order valence-corrected chi connectivity index (χ2v) is 7.41. The lowest BCUT2D eigenvalue weighted by molar-refractivity contribution is 0.205. The average Bonchev–Trinajstić information content (AvgIpc) is 3.16. The van der Waals surface area contributed by atoms with Crippen LogP contribution < -0.4 is 4.90 Å². The van der Waals surface area contributed by atoms with Crippen LogP contribution in [0.2, 0.25) is 0 Å². The van der Waals surface area contributed by atoms with Gasteiger partial charge in [-0.1, -0.05) is 24.3 Å². The predicted molar refractivity (Wildman–Crippen MR) is 109 cm³/mol. The highest BCUT2D eigenvalue weighted by Crippen LogP contribution is 2.33. The number of piperazine rings is 1. The molecule has 0 aliphatic carbocycles. The first-order valence-electron chi connectivity index (χ1n) is 9.72. The molecule has 0 amide bonds. The third-order valence-corrected chi connectivity index (χ3v) is 5.45. The second kappa shape index (κ2) is 8.23. The Balaban J connectivity index is 1.50. The molecule has 0 bridgehead atoms. The molecular weight excluding hydrogens is 371 g/mol. The highest BCUT2D eigenvalue weighted by atomic mass is 19.1. The normalized spacial score (nSPS) is 16.2. The van der Waals surface area contributed by atoms with Gasteiger partial charge < -0.3 is 19.7 Å². The zero-order chi connectivity index (χ0) is 20.4. The number of aryl methyl sites for hydroxylation is 1. The zero-order valence-electron chi connectivity index (χ0n) is 16.4. The maximum atomic E-state index is 14.8. The lowest BCUT2D eigenvalue weighted by atomic mass is 10.0. The second-order valence-electron chi connectivity index (χ2n) is 7.41. The fourth-order valence-electron chi connectivity index (χ4n) is 3.86. The summed E-state index contributed by atoms with van der Waals surface area (Å²) < 4.78 is 16.5. The van der Waals surface area contributed by atoms with Crippen LogP contribution in [0.15, 0.2) is 54.9 Å². The molecule has 1 aliphatic rings. The number of hydrogen-bond acceptors (Lipinski definition) is 5. The number of para-hydroxylation sites is 1. The van der Waals surface area contributed by atoms with Gasteiger partial charge in [-0.3, -0.25) is 4.90 Å². The van der Waals surface area contributed by atoms with Gasteiger partial charge in [-0.25, -0.2) is 9.37 Å². The number of aromatic hydroxyl groups is 1. The standard InChI is InChI=1S/C22H25FN4O2/c1-25-10-9-24-22(25)21(29)18-3-2-4-19(23)20(18)27-13-11-26(12-14-27)15-16-5-7-17(28)8-6-16/h2-10,21,28-29H,11-15H2,1H3. The van der Waals surface area contributed by atoms with E-state index in [1.54, 1.807) is 41.2 Å². The Morgan fingerprint density at radius 1 is 1.07 bits per heavy atom. The first-order chi connectivity index (χ1) is 14.0. The summed E-state index contributed by atoms with van der Waals surface area (Å²) in [6.45, 7) is 3.69. The van der Waals surface area contributed by atoms with Crippen LogP contribution in [0.1, 0.15) is 23.1 Å². The first kappa shape index (κ1) is 19.4. The van der Waals surface area contributed by atoms with Crippen molar-refractivity contribution >= 4 is 5.69 Å². The van der Waals surface area contributed by atoms with Crippen molar-refractivity contribution in [3.8, 4) is 5.75 Å². The van der Waals surface area contributed by atoms with Gasteiger partial charge in [0.2, 0.25) is 0 Å². The van der Waals surface area contributed by atoms with Crippen LogP contribution in [0, 0.1) is 5.82 Å². The van der Waals surface area contributed by atoms with Crippen LogP contribution in [0.3, 0.4) is 0 Å². The highest BCUT2D eigenvalue weighted by molar-refractivity contribution is 5.57. The molecule has 152 valence electrons. The number of hydrogen-bond donors (Lipinski definition) is 2. The van der Waals surface area contributed by atoms with Gasteiger partial charge >= 0.3 is 0 Å². The third-order valence-electron chi connectivity index (χ3n) is 5.45. The van der Waals surface area contributed by atoms with Crippen molar-refractivity contribution in [1.29, 1.82) is 0 Å². The van der Waals surface area contributed by atoms with Gasteiger partial charge in [-0.2, -0.15) is 0 Å². The molecule has 0 spiro atoms. The number of imidazole rings is 1. The molecule has 1 saturated heterocycles. The topological polar surface area (TPSA) is 64.8 Å². The molecule has 6 nitrogen and oxygen atoms in total. The Labute approximate surface area is 169 Å². The lowest BCUT2D eigenvalue weighted by Crippen LogP contribution is -2.46. The summed E-state index contributed by atoms with van der Waals surface area (Å²) in [7, 11) is 1.81. The van der Waals surface area contributed by atoms with Crippen LogP contribution in [-0.2, 0) is 13.6 Å². The summed E-state index contributed by atoms with van der Waals surface area (Å²) in [4.78, 5) is 8.53. The van der Waals surface area contributed by atoms with E-state index in [0.29, 0.717) is 30.2 Å². The number of aliphatic hydroxyl groups is 1. The van der Waals surface area contributed by atoms with Crippen molar-refractivity contribution < 1.29 is 14.6 Å². The number of rotatable bonds is 5. The SMILES string of the molecule is Cn1ccnc1C(O)c1cccc(F)c1N1CCN(Cc2ccc(O)cc2)CC1. The lowest BCUT2D eigenvalue weighted by Gasteiger charge is -2.37. The summed E-state index contributed by atoms with van der Waals surface area (Å²) in [6, 6.07) is 12.0. The number of phenols is 1. The molecule has 29 heavy (non-hydrogen) atoms. The van der Waals surface area contributed by atoms with E-state index in [4.69, 9.17) is 0 Å². The summed E-state index contributed by atoms with van der Waals surface area (Å²) in [6.07, 6.45) is 2.40.